The van der Waals surface area contributed by atoms with Gasteiger partial charge in [0.2, 0.25) is 0 Å². The zero-order valence-electron chi connectivity index (χ0n) is 15.2. The summed E-state index contributed by atoms with van der Waals surface area (Å²) in [4.78, 5) is 5.90. The number of nitrogens with zero attached hydrogens (tertiary/aromatic N) is 2. The van der Waals surface area contributed by atoms with E-state index in [2.05, 4.69) is 4.99 Å². The van der Waals surface area contributed by atoms with Crippen LogP contribution in [0.4, 0.5) is 23.2 Å². The minimum atomic E-state index is -4.59. The fourth-order valence-corrected chi connectivity index (χ4v) is 6.70. The second-order valence-corrected chi connectivity index (χ2v) is 10.5. The lowest BCUT2D eigenvalue weighted by Gasteiger charge is -2.28. The molecule has 2 aromatic rings. The quantitative estimate of drug-likeness (QED) is 0.596. The van der Waals surface area contributed by atoms with Crippen LogP contribution in [0.5, 0.6) is 0 Å². The van der Waals surface area contributed by atoms with Gasteiger partial charge in [0.25, 0.3) is 0 Å². The molecule has 0 spiro atoms. The van der Waals surface area contributed by atoms with Gasteiger partial charge in [-0.3, -0.25) is 4.99 Å². The molecule has 0 amide bonds. The zero-order valence-corrected chi connectivity index (χ0v) is 17.6. The van der Waals surface area contributed by atoms with Crippen molar-refractivity contribution in [2.45, 2.75) is 24.0 Å². The van der Waals surface area contributed by atoms with Gasteiger partial charge in [0.15, 0.2) is 15.0 Å². The Morgan fingerprint density at radius 3 is 2.60 bits per heavy atom. The standard InChI is InChI=1S/C19H15ClF4N2O2S2/c20-13-6-5-12(19(22,23)24)7-16(13)26-17-10-30(27,28)9-15(17)25-18(26)29-8-11-3-1-2-4-14(11)21/h1-7,15,17H,8-10H2/t15-,17+/m1/s1. The lowest BCUT2D eigenvalue weighted by Crippen LogP contribution is -2.39. The van der Waals surface area contributed by atoms with Crippen LogP contribution in [0, 0.1) is 5.82 Å². The molecular formula is C19H15ClF4N2O2S2. The largest absolute Gasteiger partial charge is 0.416 e. The molecule has 0 N–H and O–H groups in total. The van der Waals surface area contributed by atoms with E-state index in [1.165, 1.54) is 11.0 Å². The third kappa shape index (κ3) is 4.17. The molecular weight excluding hydrogens is 464 g/mol. The molecule has 0 aromatic heterocycles. The molecule has 0 saturated carbocycles. The summed E-state index contributed by atoms with van der Waals surface area (Å²) in [5, 5.41) is 0.372. The fourth-order valence-electron chi connectivity index (χ4n) is 3.55. The van der Waals surface area contributed by atoms with Gasteiger partial charge in [-0.15, -0.1) is 0 Å². The summed E-state index contributed by atoms with van der Waals surface area (Å²) in [5.74, 6) is -0.647. The van der Waals surface area contributed by atoms with Crippen molar-refractivity contribution in [2.24, 2.45) is 4.99 Å². The van der Waals surface area contributed by atoms with Crippen molar-refractivity contribution in [1.29, 1.82) is 0 Å². The molecule has 2 aliphatic heterocycles. The Hall–Kier alpha value is -1.78. The van der Waals surface area contributed by atoms with Gasteiger partial charge >= 0.3 is 6.18 Å². The maximum absolute atomic E-state index is 14.0. The van der Waals surface area contributed by atoms with Crippen LogP contribution in [0.1, 0.15) is 11.1 Å². The summed E-state index contributed by atoms with van der Waals surface area (Å²) in [6, 6.07) is 7.79. The van der Waals surface area contributed by atoms with Crippen molar-refractivity contribution in [2.75, 3.05) is 16.4 Å². The van der Waals surface area contributed by atoms with Crippen LogP contribution in [0.3, 0.4) is 0 Å². The lowest BCUT2D eigenvalue weighted by atomic mass is 10.1. The number of rotatable bonds is 3. The van der Waals surface area contributed by atoms with Gasteiger partial charge in [-0.05, 0) is 29.8 Å². The van der Waals surface area contributed by atoms with Gasteiger partial charge in [0, 0.05) is 5.75 Å². The molecule has 4 nitrogen and oxygen atoms in total. The first-order chi connectivity index (χ1) is 14.0. The summed E-state index contributed by atoms with van der Waals surface area (Å²) < 4.78 is 77.9. The molecule has 1 saturated heterocycles. The summed E-state index contributed by atoms with van der Waals surface area (Å²) >= 11 is 7.35. The lowest BCUT2D eigenvalue weighted by molar-refractivity contribution is -0.137. The monoisotopic (exact) mass is 478 g/mol. The topological polar surface area (TPSA) is 49.7 Å². The number of fused-ring (bicyclic) bond motifs is 1. The van der Waals surface area contributed by atoms with E-state index in [0.29, 0.717) is 10.7 Å². The highest BCUT2D eigenvalue weighted by molar-refractivity contribution is 8.13. The van der Waals surface area contributed by atoms with Crippen LogP contribution in [0.2, 0.25) is 5.02 Å². The molecule has 4 rings (SSSR count). The molecule has 0 unspecified atom stereocenters. The third-order valence-electron chi connectivity index (χ3n) is 4.96. The smallest absolute Gasteiger partial charge is 0.313 e. The van der Waals surface area contributed by atoms with Crippen molar-refractivity contribution in [3.05, 3.63) is 64.4 Å². The Balaban J connectivity index is 1.71. The van der Waals surface area contributed by atoms with Gasteiger partial charge in [0.05, 0.1) is 39.9 Å². The van der Waals surface area contributed by atoms with Crippen molar-refractivity contribution < 1.29 is 26.0 Å². The van der Waals surface area contributed by atoms with Crippen LogP contribution >= 0.6 is 23.4 Å². The van der Waals surface area contributed by atoms with Gasteiger partial charge in [-0.1, -0.05) is 41.6 Å². The van der Waals surface area contributed by atoms with Gasteiger partial charge in [-0.25, -0.2) is 12.8 Å². The average molecular weight is 479 g/mol. The van der Waals surface area contributed by atoms with Crippen LogP contribution in [-0.4, -0.2) is 37.2 Å². The highest BCUT2D eigenvalue weighted by atomic mass is 35.5. The molecule has 160 valence electrons. The minimum absolute atomic E-state index is 0.0378. The third-order valence-corrected chi connectivity index (χ3v) is 7.99. The van der Waals surface area contributed by atoms with Crippen molar-refractivity contribution in [3.8, 4) is 0 Å². The number of anilines is 1. The van der Waals surface area contributed by atoms with E-state index in [1.807, 2.05) is 0 Å². The molecule has 1 fully saturated rings. The van der Waals surface area contributed by atoms with E-state index >= 15 is 0 Å². The first kappa shape index (κ1) is 21.5. The molecule has 0 aliphatic carbocycles. The molecule has 2 aliphatic rings. The molecule has 30 heavy (non-hydrogen) atoms. The Labute approximate surface area is 179 Å². The number of thioether (sulfide) groups is 1. The molecule has 2 aromatic carbocycles. The van der Waals surface area contributed by atoms with Crippen LogP contribution in [-0.2, 0) is 21.8 Å². The van der Waals surface area contributed by atoms with E-state index in [-0.39, 0.29) is 28.0 Å². The van der Waals surface area contributed by atoms with Crippen molar-refractivity contribution in [3.63, 3.8) is 0 Å². The van der Waals surface area contributed by atoms with E-state index < -0.39 is 39.5 Å². The first-order valence-electron chi connectivity index (χ1n) is 8.85. The van der Waals surface area contributed by atoms with Crippen molar-refractivity contribution in [1.82, 2.24) is 0 Å². The number of amidine groups is 1. The van der Waals surface area contributed by atoms with Gasteiger partial charge in [0.1, 0.15) is 5.82 Å². The summed E-state index contributed by atoms with van der Waals surface area (Å²) in [5.41, 5.74) is -0.453. The Morgan fingerprint density at radius 1 is 1.17 bits per heavy atom. The molecule has 0 bridgehead atoms. The Morgan fingerprint density at radius 2 is 1.90 bits per heavy atom. The average Bonchev–Trinajstić information content (AvgIpc) is 3.11. The van der Waals surface area contributed by atoms with E-state index in [4.69, 9.17) is 11.6 Å². The van der Waals surface area contributed by atoms with Crippen LogP contribution in [0.15, 0.2) is 47.5 Å². The van der Waals surface area contributed by atoms with Crippen LogP contribution < -0.4 is 4.90 Å². The summed E-state index contributed by atoms with van der Waals surface area (Å²) in [6.45, 7) is 0. The molecule has 0 radical (unpaired) electrons. The summed E-state index contributed by atoms with van der Waals surface area (Å²) in [7, 11) is -3.38. The number of benzene rings is 2. The minimum Gasteiger partial charge on any atom is -0.313 e. The number of aliphatic imine (C=N–C) groups is 1. The number of hydrogen-bond donors (Lipinski definition) is 0. The van der Waals surface area contributed by atoms with Crippen LogP contribution in [0.25, 0.3) is 0 Å². The number of halogens is 5. The van der Waals surface area contributed by atoms with Gasteiger partial charge < -0.3 is 4.90 Å². The molecule has 11 heteroatoms. The Kier molecular flexibility index (Phi) is 5.52. The predicted octanol–water partition coefficient (Wildman–Crippen LogP) is 4.77. The second-order valence-electron chi connectivity index (χ2n) is 7.04. The maximum Gasteiger partial charge on any atom is 0.416 e. The Bertz CT molecular complexity index is 1120. The van der Waals surface area contributed by atoms with E-state index in [1.54, 1.807) is 18.2 Å². The molecule has 2 atom stereocenters. The normalized spacial score (nSPS) is 22.8. The SMILES string of the molecule is O=S1(=O)C[C@H]2N=C(SCc3ccccc3F)N(c3cc(C(F)(F)F)ccc3Cl)[C@H]2C1. The van der Waals surface area contributed by atoms with Crippen molar-refractivity contribution >= 4 is 44.1 Å². The predicted molar refractivity (Wildman–Crippen MR) is 110 cm³/mol. The highest BCUT2D eigenvalue weighted by Gasteiger charge is 2.48. The first-order valence-corrected chi connectivity index (χ1v) is 12.0. The molecule has 2 heterocycles. The highest BCUT2D eigenvalue weighted by Crippen LogP contribution is 2.41. The zero-order chi connectivity index (χ0) is 21.7. The van der Waals surface area contributed by atoms with E-state index in [9.17, 15) is 26.0 Å². The number of hydrogen-bond acceptors (Lipinski definition) is 5. The maximum atomic E-state index is 14.0. The number of sulfone groups is 1. The van der Waals surface area contributed by atoms with E-state index in [0.717, 1.165) is 30.0 Å². The fraction of sp³-hybridized carbons (Fsp3) is 0.316. The van der Waals surface area contributed by atoms with Gasteiger partial charge in [-0.2, -0.15) is 13.2 Å². The number of alkyl halides is 3. The second kappa shape index (κ2) is 7.72. The summed E-state index contributed by atoms with van der Waals surface area (Å²) in [6.07, 6.45) is -4.59.